The van der Waals surface area contributed by atoms with Gasteiger partial charge in [-0.15, -0.1) is 5.10 Å². The molecule has 0 bridgehead atoms. The number of pyridine rings is 1. The van der Waals surface area contributed by atoms with Crippen LogP contribution in [0, 0.1) is 5.92 Å². The molecule has 1 aliphatic heterocycles. The number of piperidine rings is 1. The first-order valence-corrected chi connectivity index (χ1v) is 12.5. The first-order valence-electron chi connectivity index (χ1n) is 12.5. The molecule has 0 saturated carbocycles. The van der Waals surface area contributed by atoms with Gasteiger partial charge >= 0.3 is 0 Å². The minimum absolute atomic E-state index is 0.109. The second kappa shape index (κ2) is 10.4. The van der Waals surface area contributed by atoms with Gasteiger partial charge in [0.1, 0.15) is 11.8 Å². The first-order chi connectivity index (χ1) is 17.1. The summed E-state index contributed by atoms with van der Waals surface area (Å²) in [5.41, 5.74) is 2.57. The van der Waals surface area contributed by atoms with E-state index in [0.717, 1.165) is 42.6 Å². The van der Waals surface area contributed by atoms with E-state index < -0.39 is 0 Å². The van der Waals surface area contributed by atoms with Crippen LogP contribution in [0.1, 0.15) is 49.7 Å². The summed E-state index contributed by atoms with van der Waals surface area (Å²) in [5, 5.41) is 13.7. The number of hydrogen-bond donors (Lipinski definition) is 1. The lowest BCUT2D eigenvalue weighted by Gasteiger charge is -2.36. The molecule has 0 amide bonds. The normalized spacial score (nSPS) is 17.5. The molecule has 1 saturated heterocycles. The van der Waals surface area contributed by atoms with Crippen LogP contribution in [0.25, 0.3) is 10.9 Å². The van der Waals surface area contributed by atoms with Crippen LogP contribution in [0.2, 0.25) is 0 Å². The van der Waals surface area contributed by atoms with Gasteiger partial charge in [-0.1, -0.05) is 37.3 Å². The number of nitrogens with one attached hydrogen (secondary N) is 1. The van der Waals surface area contributed by atoms with Gasteiger partial charge < -0.3 is 9.72 Å². The fourth-order valence-corrected chi connectivity index (χ4v) is 5.07. The smallest absolute Gasteiger partial charge is 0.253 e. The van der Waals surface area contributed by atoms with Gasteiger partial charge in [0.25, 0.3) is 5.56 Å². The van der Waals surface area contributed by atoms with Gasteiger partial charge in [0, 0.05) is 29.6 Å². The van der Waals surface area contributed by atoms with Crippen molar-refractivity contribution in [1.82, 2.24) is 30.1 Å². The summed E-state index contributed by atoms with van der Waals surface area (Å²) < 4.78 is 7.56. The van der Waals surface area contributed by atoms with Crippen LogP contribution in [-0.4, -0.2) is 49.8 Å². The molecule has 0 radical (unpaired) electrons. The molecule has 35 heavy (non-hydrogen) atoms. The van der Waals surface area contributed by atoms with Crippen molar-refractivity contribution in [2.75, 3.05) is 19.7 Å². The highest BCUT2D eigenvalue weighted by Crippen LogP contribution is 2.31. The quantitative estimate of drug-likeness (QED) is 0.417. The van der Waals surface area contributed by atoms with Crippen molar-refractivity contribution in [2.45, 2.75) is 45.7 Å². The summed E-state index contributed by atoms with van der Waals surface area (Å²) >= 11 is 0. The Morgan fingerprint density at radius 2 is 2.03 bits per heavy atom. The third kappa shape index (κ3) is 5.12. The Bertz CT molecular complexity index is 1330. The molecule has 0 spiro atoms. The molecule has 2 aromatic heterocycles. The van der Waals surface area contributed by atoms with Crippen molar-refractivity contribution in [1.29, 1.82) is 0 Å². The monoisotopic (exact) mass is 472 g/mol. The predicted molar refractivity (Wildman–Crippen MR) is 136 cm³/mol. The highest BCUT2D eigenvalue weighted by molar-refractivity contribution is 5.80. The maximum absolute atomic E-state index is 13.4. The minimum atomic E-state index is -0.326. The average Bonchev–Trinajstić information content (AvgIpc) is 3.32. The van der Waals surface area contributed by atoms with E-state index in [2.05, 4.69) is 44.5 Å². The Morgan fingerprint density at radius 3 is 2.83 bits per heavy atom. The van der Waals surface area contributed by atoms with E-state index in [1.54, 1.807) is 0 Å². The molecule has 1 N–H and O–H groups in total. The molecular weight excluding hydrogens is 440 g/mol. The summed E-state index contributed by atoms with van der Waals surface area (Å²) in [6.45, 7) is 7.26. The van der Waals surface area contributed by atoms with Crippen molar-refractivity contribution in [2.24, 2.45) is 5.92 Å². The Hall–Kier alpha value is -3.52. The number of benzene rings is 2. The van der Waals surface area contributed by atoms with Crippen LogP contribution in [0.4, 0.5) is 0 Å². The molecule has 4 aromatic rings. The third-order valence-electron chi connectivity index (χ3n) is 6.76. The number of nitrogens with zero attached hydrogens (tertiary/aromatic N) is 5. The van der Waals surface area contributed by atoms with Crippen LogP contribution in [0.15, 0.2) is 59.4 Å². The van der Waals surface area contributed by atoms with E-state index in [1.807, 2.05) is 54.1 Å². The van der Waals surface area contributed by atoms with E-state index in [0.29, 0.717) is 30.5 Å². The summed E-state index contributed by atoms with van der Waals surface area (Å²) in [4.78, 5) is 18.8. The first kappa shape index (κ1) is 23.2. The number of aromatic nitrogens is 5. The molecule has 2 aromatic carbocycles. The van der Waals surface area contributed by atoms with Gasteiger partial charge in [0.2, 0.25) is 0 Å². The van der Waals surface area contributed by atoms with Crippen LogP contribution in [0.5, 0.6) is 5.75 Å². The lowest BCUT2D eigenvalue weighted by atomic mass is 9.95. The number of rotatable bonds is 8. The molecule has 3 heterocycles. The van der Waals surface area contributed by atoms with Crippen LogP contribution in [0.3, 0.4) is 0 Å². The number of fused-ring (bicyclic) bond motifs is 1. The lowest BCUT2D eigenvalue weighted by molar-refractivity contribution is 0.141. The summed E-state index contributed by atoms with van der Waals surface area (Å²) in [6.07, 6.45) is 3.09. The topological polar surface area (TPSA) is 88.9 Å². The molecule has 2 atom stereocenters. The van der Waals surface area contributed by atoms with Gasteiger partial charge in [-0.2, -0.15) is 0 Å². The van der Waals surface area contributed by atoms with E-state index in [9.17, 15) is 4.79 Å². The fraction of sp³-hybridized carbons (Fsp3) is 0.407. The minimum Gasteiger partial charge on any atom is -0.494 e. The lowest BCUT2D eigenvalue weighted by Crippen LogP contribution is -2.41. The number of aromatic amines is 1. The number of ether oxygens (including phenoxy) is 1. The zero-order valence-electron chi connectivity index (χ0n) is 20.4. The standard InChI is InChI=1S/C27H32N6O2/c1-3-35-22-11-12-24-21(16-22)17-23(27(34)28-24)25(32-14-7-8-19(2)18-32)26-29-30-31-33(26)15-13-20-9-5-4-6-10-20/h4-6,9-12,16-17,19,25H,3,7-8,13-15,18H2,1-2H3,(H,28,34)/t19-,25+/m0/s1. The van der Waals surface area contributed by atoms with E-state index >= 15 is 0 Å². The number of H-pyrrole nitrogens is 1. The third-order valence-corrected chi connectivity index (χ3v) is 6.76. The molecule has 8 heteroatoms. The number of aryl methyl sites for hydroxylation is 2. The van der Waals surface area contributed by atoms with E-state index in [1.165, 1.54) is 12.0 Å². The molecule has 8 nitrogen and oxygen atoms in total. The maximum Gasteiger partial charge on any atom is 0.253 e. The van der Waals surface area contributed by atoms with Crippen LogP contribution in [-0.2, 0) is 13.0 Å². The van der Waals surface area contributed by atoms with Crippen LogP contribution >= 0.6 is 0 Å². The molecule has 1 fully saturated rings. The number of hydrogen-bond acceptors (Lipinski definition) is 6. The zero-order valence-corrected chi connectivity index (χ0v) is 20.4. The summed E-state index contributed by atoms with van der Waals surface area (Å²) in [6, 6.07) is 17.7. The highest BCUT2D eigenvalue weighted by Gasteiger charge is 2.32. The van der Waals surface area contributed by atoms with Crippen molar-refractivity contribution < 1.29 is 4.74 Å². The Balaban J connectivity index is 1.56. The Kier molecular flexibility index (Phi) is 6.90. The molecule has 182 valence electrons. The summed E-state index contributed by atoms with van der Waals surface area (Å²) in [5.74, 6) is 2.04. The molecule has 0 aliphatic carbocycles. The SMILES string of the molecule is CCOc1ccc2[nH]c(=O)c([C@H](c3nnnn3CCc3ccccc3)N3CCC[C@H](C)C3)cc2c1. The van der Waals surface area contributed by atoms with Crippen molar-refractivity contribution in [3.8, 4) is 5.75 Å². The van der Waals surface area contributed by atoms with Gasteiger partial charge in [-0.25, -0.2) is 4.68 Å². The average molecular weight is 473 g/mol. The van der Waals surface area contributed by atoms with Gasteiger partial charge in [0.15, 0.2) is 5.82 Å². The van der Waals surface area contributed by atoms with Crippen molar-refractivity contribution in [3.05, 3.63) is 81.9 Å². The molecule has 0 unspecified atom stereocenters. The Labute approximate surface area is 204 Å². The molecule has 1 aliphatic rings. The molecule has 5 rings (SSSR count). The van der Waals surface area contributed by atoms with Crippen molar-refractivity contribution in [3.63, 3.8) is 0 Å². The second-order valence-corrected chi connectivity index (χ2v) is 9.38. The van der Waals surface area contributed by atoms with E-state index in [4.69, 9.17) is 4.74 Å². The summed E-state index contributed by atoms with van der Waals surface area (Å²) in [7, 11) is 0. The fourth-order valence-electron chi connectivity index (χ4n) is 5.07. The van der Waals surface area contributed by atoms with Gasteiger partial charge in [-0.3, -0.25) is 9.69 Å². The second-order valence-electron chi connectivity index (χ2n) is 9.38. The van der Waals surface area contributed by atoms with Crippen molar-refractivity contribution >= 4 is 10.9 Å². The van der Waals surface area contributed by atoms with E-state index in [-0.39, 0.29) is 11.6 Å². The largest absolute Gasteiger partial charge is 0.494 e. The number of tetrazole rings is 1. The van der Waals surface area contributed by atoms with Gasteiger partial charge in [0.05, 0.1) is 6.61 Å². The maximum atomic E-state index is 13.4. The van der Waals surface area contributed by atoms with Gasteiger partial charge in [-0.05, 0) is 78.9 Å². The number of likely N-dealkylation sites (tertiary alicyclic amines) is 1. The zero-order chi connectivity index (χ0) is 24.2. The predicted octanol–water partition coefficient (Wildman–Crippen LogP) is 3.98. The molecular formula is C27H32N6O2. The van der Waals surface area contributed by atoms with Crippen LogP contribution < -0.4 is 10.3 Å². The highest BCUT2D eigenvalue weighted by atomic mass is 16.5. The Morgan fingerprint density at radius 1 is 1.17 bits per heavy atom.